The number of carbonyl (C=O) groups is 1. The molecule has 1 aromatic carbocycles. The molecule has 19 heavy (non-hydrogen) atoms. The molecule has 1 saturated carbocycles. The maximum Gasteiger partial charge on any atom is 0.228 e. The Morgan fingerprint density at radius 3 is 2.74 bits per heavy atom. The SMILES string of the molecule is Cc1ccc(NC(=O)C2CCCCC2(C)C)cc1Br. The Morgan fingerprint density at radius 2 is 2.11 bits per heavy atom. The van der Waals surface area contributed by atoms with Gasteiger partial charge in [0, 0.05) is 16.1 Å². The van der Waals surface area contributed by atoms with E-state index in [1.807, 2.05) is 25.1 Å². The Balaban J connectivity index is 2.09. The summed E-state index contributed by atoms with van der Waals surface area (Å²) < 4.78 is 1.04. The summed E-state index contributed by atoms with van der Waals surface area (Å²) in [6, 6.07) is 5.96. The lowest BCUT2D eigenvalue weighted by atomic mass is 9.68. The lowest BCUT2D eigenvalue weighted by Gasteiger charge is -2.37. The molecule has 104 valence electrons. The predicted octanol–water partition coefficient (Wildman–Crippen LogP) is 4.91. The van der Waals surface area contributed by atoms with E-state index < -0.39 is 0 Å². The average molecular weight is 324 g/mol. The highest BCUT2D eigenvalue weighted by molar-refractivity contribution is 9.10. The number of anilines is 1. The minimum atomic E-state index is 0.115. The van der Waals surface area contributed by atoms with Crippen LogP contribution in [0.3, 0.4) is 0 Å². The Kier molecular flexibility index (Phi) is 4.34. The fourth-order valence-electron chi connectivity index (χ4n) is 2.88. The van der Waals surface area contributed by atoms with E-state index >= 15 is 0 Å². The van der Waals surface area contributed by atoms with Crippen molar-refractivity contribution in [2.24, 2.45) is 11.3 Å². The van der Waals surface area contributed by atoms with E-state index in [1.165, 1.54) is 18.4 Å². The smallest absolute Gasteiger partial charge is 0.228 e. The first-order chi connectivity index (χ1) is 8.90. The van der Waals surface area contributed by atoms with Crippen LogP contribution < -0.4 is 5.32 Å². The normalized spacial score (nSPS) is 22.0. The molecule has 1 N–H and O–H groups in total. The number of carbonyl (C=O) groups excluding carboxylic acids is 1. The summed E-state index contributed by atoms with van der Waals surface area (Å²) in [5.74, 6) is 0.293. The largest absolute Gasteiger partial charge is 0.326 e. The lowest BCUT2D eigenvalue weighted by molar-refractivity contribution is -0.124. The van der Waals surface area contributed by atoms with Gasteiger partial charge in [-0.25, -0.2) is 0 Å². The molecule has 0 aliphatic heterocycles. The second-order valence-corrected chi connectivity index (χ2v) is 7.09. The van der Waals surface area contributed by atoms with Gasteiger partial charge in [-0.1, -0.05) is 48.7 Å². The van der Waals surface area contributed by atoms with Crippen LogP contribution in [0.5, 0.6) is 0 Å². The number of hydrogen-bond donors (Lipinski definition) is 1. The summed E-state index contributed by atoms with van der Waals surface area (Å²) in [5.41, 5.74) is 2.17. The number of aryl methyl sites for hydroxylation is 1. The van der Waals surface area contributed by atoms with E-state index in [9.17, 15) is 4.79 Å². The van der Waals surface area contributed by atoms with Gasteiger partial charge in [0.1, 0.15) is 0 Å². The summed E-state index contributed by atoms with van der Waals surface area (Å²) in [6.07, 6.45) is 4.56. The molecule has 0 spiro atoms. The fraction of sp³-hybridized carbons (Fsp3) is 0.562. The number of hydrogen-bond acceptors (Lipinski definition) is 1. The summed E-state index contributed by atoms with van der Waals surface area (Å²) >= 11 is 3.50. The Bertz CT molecular complexity index is 482. The van der Waals surface area contributed by atoms with Crippen LogP contribution in [0, 0.1) is 18.3 Å². The van der Waals surface area contributed by atoms with Crippen molar-refractivity contribution >= 4 is 27.5 Å². The highest BCUT2D eigenvalue weighted by atomic mass is 79.9. The Morgan fingerprint density at radius 1 is 1.37 bits per heavy atom. The molecule has 0 saturated heterocycles. The third kappa shape index (κ3) is 3.38. The first kappa shape index (κ1) is 14.6. The van der Waals surface area contributed by atoms with Crippen LogP contribution in [0.4, 0.5) is 5.69 Å². The molecule has 1 atom stereocenters. The van der Waals surface area contributed by atoms with Crippen LogP contribution in [0.25, 0.3) is 0 Å². The van der Waals surface area contributed by atoms with Gasteiger partial charge in [0.2, 0.25) is 5.91 Å². The van der Waals surface area contributed by atoms with Gasteiger partial charge < -0.3 is 5.32 Å². The first-order valence-electron chi connectivity index (χ1n) is 6.97. The maximum absolute atomic E-state index is 12.5. The molecular weight excluding hydrogens is 302 g/mol. The molecule has 0 radical (unpaired) electrons. The zero-order valence-corrected chi connectivity index (χ0v) is 13.5. The van der Waals surface area contributed by atoms with Crippen LogP contribution in [-0.4, -0.2) is 5.91 Å². The fourth-order valence-corrected chi connectivity index (χ4v) is 3.26. The van der Waals surface area contributed by atoms with Crippen molar-refractivity contribution in [2.75, 3.05) is 5.32 Å². The molecule has 1 aliphatic carbocycles. The highest BCUT2D eigenvalue weighted by Gasteiger charge is 2.37. The molecule has 1 amide bonds. The van der Waals surface area contributed by atoms with Crippen molar-refractivity contribution in [1.29, 1.82) is 0 Å². The molecule has 1 aliphatic rings. The van der Waals surface area contributed by atoms with Crippen LogP contribution >= 0.6 is 15.9 Å². The standard InChI is InChI=1S/C16H22BrNO/c1-11-7-8-12(10-14(11)17)18-15(19)13-6-4-5-9-16(13,2)3/h7-8,10,13H,4-6,9H2,1-3H3,(H,18,19). The van der Waals surface area contributed by atoms with Gasteiger partial charge in [0.05, 0.1) is 0 Å². The molecule has 0 heterocycles. The van der Waals surface area contributed by atoms with Gasteiger partial charge in [-0.05, 0) is 42.9 Å². The molecule has 2 nitrogen and oxygen atoms in total. The van der Waals surface area contributed by atoms with Crippen LogP contribution in [0.15, 0.2) is 22.7 Å². The van der Waals surface area contributed by atoms with Crippen molar-refractivity contribution in [3.05, 3.63) is 28.2 Å². The molecule has 0 aromatic heterocycles. The third-order valence-corrected chi connectivity index (χ3v) is 5.12. The summed E-state index contributed by atoms with van der Waals surface area (Å²) in [7, 11) is 0. The number of amides is 1. The van der Waals surface area contributed by atoms with Crippen molar-refractivity contribution < 1.29 is 4.79 Å². The zero-order valence-electron chi connectivity index (χ0n) is 11.9. The van der Waals surface area contributed by atoms with Crippen LogP contribution in [0.1, 0.15) is 45.1 Å². The minimum absolute atomic E-state index is 0.115. The van der Waals surface area contributed by atoms with E-state index in [0.717, 1.165) is 23.0 Å². The number of rotatable bonds is 2. The Labute approximate surface area is 124 Å². The number of halogens is 1. The van der Waals surface area contributed by atoms with Crippen LogP contribution in [-0.2, 0) is 4.79 Å². The van der Waals surface area contributed by atoms with Gasteiger partial charge in [-0.2, -0.15) is 0 Å². The summed E-state index contributed by atoms with van der Waals surface area (Å²) in [6.45, 7) is 6.46. The second-order valence-electron chi connectivity index (χ2n) is 6.24. The molecule has 3 heteroatoms. The van der Waals surface area contributed by atoms with Gasteiger partial charge in [-0.3, -0.25) is 4.79 Å². The van der Waals surface area contributed by atoms with Crippen LogP contribution in [0.2, 0.25) is 0 Å². The van der Waals surface area contributed by atoms with E-state index in [1.54, 1.807) is 0 Å². The Hall–Kier alpha value is -0.830. The zero-order chi connectivity index (χ0) is 14.0. The molecular formula is C16H22BrNO. The van der Waals surface area contributed by atoms with E-state index in [4.69, 9.17) is 0 Å². The van der Waals surface area contributed by atoms with Crippen molar-refractivity contribution in [3.63, 3.8) is 0 Å². The highest BCUT2D eigenvalue weighted by Crippen LogP contribution is 2.41. The van der Waals surface area contributed by atoms with Gasteiger partial charge in [-0.15, -0.1) is 0 Å². The predicted molar refractivity (Wildman–Crippen MR) is 83.2 cm³/mol. The van der Waals surface area contributed by atoms with Crippen molar-refractivity contribution in [2.45, 2.75) is 46.5 Å². The lowest BCUT2D eigenvalue weighted by Crippen LogP contribution is -2.37. The van der Waals surface area contributed by atoms with E-state index in [0.29, 0.717) is 0 Å². The maximum atomic E-state index is 12.5. The first-order valence-corrected chi connectivity index (χ1v) is 7.76. The summed E-state index contributed by atoms with van der Waals surface area (Å²) in [5, 5.41) is 3.07. The molecule has 1 unspecified atom stereocenters. The third-order valence-electron chi connectivity index (χ3n) is 4.26. The quantitative estimate of drug-likeness (QED) is 0.822. The van der Waals surface area contributed by atoms with E-state index in [2.05, 4.69) is 35.1 Å². The minimum Gasteiger partial charge on any atom is -0.326 e. The van der Waals surface area contributed by atoms with Gasteiger partial charge >= 0.3 is 0 Å². The van der Waals surface area contributed by atoms with Crippen molar-refractivity contribution in [1.82, 2.24) is 0 Å². The average Bonchev–Trinajstić information content (AvgIpc) is 2.33. The topological polar surface area (TPSA) is 29.1 Å². The molecule has 2 rings (SSSR count). The van der Waals surface area contributed by atoms with Gasteiger partial charge in [0.25, 0.3) is 0 Å². The molecule has 1 aromatic rings. The molecule has 1 fully saturated rings. The van der Waals surface area contributed by atoms with Gasteiger partial charge in [0.15, 0.2) is 0 Å². The number of nitrogens with one attached hydrogen (secondary N) is 1. The number of benzene rings is 1. The molecule has 0 bridgehead atoms. The van der Waals surface area contributed by atoms with E-state index in [-0.39, 0.29) is 17.2 Å². The van der Waals surface area contributed by atoms with Crippen molar-refractivity contribution in [3.8, 4) is 0 Å². The summed E-state index contributed by atoms with van der Waals surface area (Å²) in [4.78, 5) is 12.5. The monoisotopic (exact) mass is 323 g/mol. The second kappa shape index (κ2) is 5.66.